The van der Waals surface area contributed by atoms with Crippen LogP contribution in [0.2, 0.25) is 5.02 Å². The Morgan fingerprint density at radius 2 is 1.94 bits per heavy atom. The second-order valence-corrected chi connectivity index (χ2v) is 8.59. The first-order valence-corrected chi connectivity index (χ1v) is 11.5. The number of hydrogen-bond donors (Lipinski definition) is 1. The van der Waals surface area contributed by atoms with Gasteiger partial charge in [0.15, 0.2) is 24.1 Å². The molecule has 0 fully saturated rings. The summed E-state index contributed by atoms with van der Waals surface area (Å²) in [5.41, 5.74) is 4.10. The molecule has 3 aromatic rings. The molecule has 3 aromatic carbocycles. The van der Waals surface area contributed by atoms with E-state index >= 15 is 0 Å². The summed E-state index contributed by atoms with van der Waals surface area (Å²) in [5.74, 6) is 1.49. The molecule has 35 heavy (non-hydrogen) atoms. The second kappa shape index (κ2) is 11.0. The van der Waals surface area contributed by atoms with Crippen molar-refractivity contribution in [2.24, 2.45) is 0 Å². The Kier molecular flexibility index (Phi) is 7.80. The summed E-state index contributed by atoms with van der Waals surface area (Å²) in [6.07, 6.45) is 0.545. The van der Waals surface area contributed by atoms with Gasteiger partial charge < -0.3 is 28.8 Å². The van der Waals surface area contributed by atoms with Gasteiger partial charge in [0.05, 0.1) is 10.6 Å². The van der Waals surface area contributed by atoms with Crippen LogP contribution in [-0.4, -0.2) is 44.6 Å². The molecule has 0 saturated heterocycles. The Hall–Kier alpha value is -3.26. The van der Waals surface area contributed by atoms with Crippen molar-refractivity contribution in [3.05, 3.63) is 70.2 Å². The van der Waals surface area contributed by atoms with E-state index in [0.29, 0.717) is 36.6 Å². The average Bonchev–Trinajstić information content (AvgIpc) is 2.87. The van der Waals surface area contributed by atoms with Crippen molar-refractivity contribution in [2.75, 3.05) is 20.8 Å². The number of phenols is 1. The number of aldehydes is 1. The lowest BCUT2D eigenvalue weighted by atomic mass is 9.96. The quantitative estimate of drug-likeness (QED) is 0.305. The topological polar surface area (TPSA) is 83.5 Å². The highest BCUT2D eigenvalue weighted by molar-refractivity contribution is 6.32. The van der Waals surface area contributed by atoms with Gasteiger partial charge in [-0.1, -0.05) is 35.9 Å². The molecule has 1 aliphatic rings. The molecule has 1 unspecified atom stereocenters. The number of fused-ring (bicyclic) bond motifs is 1. The highest BCUT2D eigenvalue weighted by Crippen LogP contribution is 2.38. The van der Waals surface area contributed by atoms with E-state index in [4.69, 9.17) is 35.3 Å². The fraction of sp³-hybridized carbons (Fsp3) is 0.296. The zero-order valence-electron chi connectivity index (χ0n) is 19.7. The van der Waals surface area contributed by atoms with Gasteiger partial charge in [-0.3, -0.25) is 4.79 Å². The molecule has 1 heterocycles. The Morgan fingerprint density at radius 1 is 1.14 bits per heavy atom. The third kappa shape index (κ3) is 5.53. The number of carbonyl (C=O) groups is 1. The fourth-order valence-corrected chi connectivity index (χ4v) is 4.20. The summed E-state index contributed by atoms with van der Waals surface area (Å²) in [6.45, 7) is 2.68. The zero-order valence-corrected chi connectivity index (χ0v) is 20.5. The molecule has 184 valence electrons. The van der Waals surface area contributed by atoms with Gasteiger partial charge in [-0.25, -0.2) is 0 Å². The van der Waals surface area contributed by atoms with Crippen LogP contribution < -0.4 is 14.2 Å². The highest BCUT2D eigenvalue weighted by atomic mass is 35.5. The minimum Gasteiger partial charge on any atom is -0.507 e. The molecule has 0 amide bonds. The van der Waals surface area contributed by atoms with Crippen LogP contribution in [0.4, 0.5) is 0 Å². The summed E-state index contributed by atoms with van der Waals surface area (Å²) in [6, 6.07) is 14.6. The van der Waals surface area contributed by atoms with E-state index in [2.05, 4.69) is 0 Å². The van der Waals surface area contributed by atoms with Crippen molar-refractivity contribution in [2.45, 2.75) is 32.3 Å². The minimum atomic E-state index is -0.364. The smallest absolute Gasteiger partial charge is 0.162 e. The number of benzene rings is 3. The van der Waals surface area contributed by atoms with Crippen LogP contribution in [0.5, 0.6) is 23.0 Å². The molecule has 8 heteroatoms. The van der Waals surface area contributed by atoms with E-state index in [1.165, 1.54) is 12.1 Å². The van der Waals surface area contributed by atoms with Gasteiger partial charge in [0.25, 0.3) is 0 Å². The number of phenolic OH excluding ortho intramolecular Hbond substituents is 1. The van der Waals surface area contributed by atoms with Crippen molar-refractivity contribution >= 4 is 17.9 Å². The standard InChI is InChI=1S/C27H27ClO7/c1-16-18(14-33-25-12-23(30)19(13-29)9-22(25)28)5-4-6-21(16)17-7-8-24-26(10-17)35-20(15-34-24)11-27(31-2)32-3/h4-10,12-13,20,27,30H,11,14-15H2,1-3H3. The lowest BCUT2D eigenvalue weighted by molar-refractivity contribution is -0.124. The van der Waals surface area contributed by atoms with Crippen molar-refractivity contribution in [1.29, 1.82) is 0 Å². The molecule has 7 nitrogen and oxygen atoms in total. The SMILES string of the molecule is COC(CC1COc2ccc(-c3cccc(COc4cc(O)c(C=O)cc4Cl)c3C)cc2O1)OC. The summed E-state index contributed by atoms with van der Waals surface area (Å²) >= 11 is 6.21. The second-order valence-electron chi connectivity index (χ2n) is 8.19. The normalized spacial score (nSPS) is 14.7. The lowest BCUT2D eigenvalue weighted by Gasteiger charge is -2.29. The summed E-state index contributed by atoms with van der Waals surface area (Å²) in [7, 11) is 3.20. The van der Waals surface area contributed by atoms with Crippen molar-refractivity contribution in [1.82, 2.24) is 0 Å². The van der Waals surface area contributed by atoms with E-state index in [-0.39, 0.29) is 35.3 Å². The molecule has 1 N–H and O–H groups in total. The first-order valence-electron chi connectivity index (χ1n) is 11.1. The van der Waals surface area contributed by atoms with E-state index < -0.39 is 0 Å². The van der Waals surface area contributed by atoms with Crippen LogP contribution in [-0.2, 0) is 16.1 Å². The van der Waals surface area contributed by atoms with Crippen molar-refractivity contribution in [3.8, 4) is 34.1 Å². The number of hydrogen-bond acceptors (Lipinski definition) is 7. The zero-order chi connectivity index (χ0) is 24.9. The third-order valence-electron chi connectivity index (χ3n) is 5.99. The Balaban J connectivity index is 1.53. The third-order valence-corrected chi connectivity index (χ3v) is 6.29. The van der Waals surface area contributed by atoms with Crippen molar-refractivity contribution in [3.63, 3.8) is 0 Å². The number of carbonyl (C=O) groups excluding carboxylic acids is 1. The Bertz CT molecular complexity index is 1210. The first-order chi connectivity index (χ1) is 16.9. The number of halogens is 1. The van der Waals surface area contributed by atoms with Crippen LogP contribution in [0.3, 0.4) is 0 Å². The Morgan fingerprint density at radius 3 is 2.69 bits per heavy atom. The number of rotatable bonds is 9. The van der Waals surface area contributed by atoms with Crippen molar-refractivity contribution < 1.29 is 33.6 Å². The highest BCUT2D eigenvalue weighted by Gasteiger charge is 2.25. The first kappa shape index (κ1) is 24.9. The van der Waals surface area contributed by atoms with Gasteiger partial charge in [0.2, 0.25) is 0 Å². The lowest BCUT2D eigenvalue weighted by Crippen LogP contribution is -2.33. The molecule has 4 rings (SSSR count). The van der Waals surface area contributed by atoms with E-state index in [1.807, 2.05) is 43.3 Å². The molecule has 1 atom stereocenters. The molecule has 0 aromatic heterocycles. The average molecular weight is 499 g/mol. The molecule has 0 saturated carbocycles. The summed E-state index contributed by atoms with van der Waals surface area (Å²) in [4.78, 5) is 11.0. The molecule has 0 radical (unpaired) electrons. The molecule has 0 spiro atoms. The van der Waals surface area contributed by atoms with E-state index in [9.17, 15) is 9.90 Å². The molecule has 0 aliphatic carbocycles. The van der Waals surface area contributed by atoms with E-state index in [0.717, 1.165) is 22.3 Å². The minimum absolute atomic E-state index is 0.112. The van der Waals surface area contributed by atoms with Gasteiger partial charge in [0.1, 0.15) is 30.8 Å². The fourth-order valence-electron chi connectivity index (χ4n) is 3.97. The predicted octanol–water partition coefficient (Wildman–Crippen LogP) is 5.56. The van der Waals surface area contributed by atoms with Gasteiger partial charge in [-0.2, -0.15) is 0 Å². The molecule has 0 bridgehead atoms. The van der Waals surface area contributed by atoms with Gasteiger partial charge in [0, 0.05) is 26.7 Å². The molecular formula is C27H27ClO7. The number of aromatic hydroxyl groups is 1. The number of methoxy groups -OCH3 is 2. The summed E-state index contributed by atoms with van der Waals surface area (Å²) < 4.78 is 28.5. The van der Waals surface area contributed by atoms with Gasteiger partial charge in [-0.05, 0) is 47.4 Å². The maximum atomic E-state index is 11.0. The van der Waals surface area contributed by atoms with Crippen LogP contribution >= 0.6 is 11.6 Å². The largest absolute Gasteiger partial charge is 0.507 e. The van der Waals surface area contributed by atoms with Crippen LogP contribution in [0.15, 0.2) is 48.5 Å². The molecule has 1 aliphatic heterocycles. The summed E-state index contributed by atoms with van der Waals surface area (Å²) in [5, 5.41) is 10.2. The number of ether oxygens (including phenoxy) is 5. The van der Waals surface area contributed by atoms with Crippen LogP contribution in [0, 0.1) is 6.92 Å². The van der Waals surface area contributed by atoms with E-state index in [1.54, 1.807) is 14.2 Å². The van der Waals surface area contributed by atoms with Crippen LogP contribution in [0.25, 0.3) is 11.1 Å². The maximum Gasteiger partial charge on any atom is 0.162 e. The van der Waals surface area contributed by atoms with Gasteiger partial charge >= 0.3 is 0 Å². The maximum absolute atomic E-state index is 11.0. The molecular weight excluding hydrogens is 472 g/mol. The predicted molar refractivity (Wildman–Crippen MR) is 132 cm³/mol. The van der Waals surface area contributed by atoms with Crippen LogP contribution in [0.1, 0.15) is 27.9 Å². The van der Waals surface area contributed by atoms with Gasteiger partial charge in [-0.15, -0.1) is 0 Å². The monoisotopic (exact) mass is 498 g/mol. The Labute approximate surface area is 209 Å².